The third-order valence-electron chi connectivity index (χ3n) is 2.95. The van der Waals surface area contributed by atoms with Crippen LogP contribution in [-0.4, -0.2) is 19.4 Å². The Labute approximate surface area is 88.5 Å². The predicted octanol–water partition coefficient (Wildman–Crippen LogP) is 2.11. The summed E-state index contributed by atoms with van der Waals surface area (Å²) in [5.74, 6) is 0.0573. The minimum atomic E-state index is -0.338. The van der Waals surface area contributed by atoms with Gasteiger partial charge in [-0.2, -0.15) is 0 Å². The summed E-state index contributed by atoms with van der Waals surface area (Å²) in [4.78, 5) is 10.8. The van der Waals surface area contributed by atoms with Crippen LogP contribution in [-0.2, 0) is 0 Å². The molecule has 1 saturated heterocycles. The second-order valence-electron chi connectivity index (χ2n) is 3.92. The molecule has 0 bridgehead atoms. The molecule has 0 saturated carbocycles. The van der Waals surface area contributed by atoms with Gasteiger partial charge in [-0.1, -0.05) is 6.07 Å². The molecule has 1 aromatic carbocycles. The molecule has 0 aliphatic carbocycles. The van der Waals surface area contributed by atoms with Crippen molar-refractivity contribution in [3.8, 4) is 0 Å². The molecule has 2 rings (SSSR count). The summed E-state index contributed by atoms with van der Waals surface area (Å²) in [6, 6.07) is 4.50. The zero-order chi connectivity index (χ0) is 10.7. The van der Waals surface area contributed by atoms with Gasteiger partial charge in [-0.15, -0.1) is 0 Å². The summed E-state index contributed by atoms with van der Waals surface area (Å²) in [6.45, 7) is 1.95. The lowest BCUT2D eigenvalue weighted by molar-refractivity contribution is 0.112. The fourth-order valence-corrected chi connectivity index (χ4v) is 2.15. The van der Waals surface area contributed by atoms with Crippen molar-refractivity contribution in [2.45, 2.75) is 18.8 Å². The van der Waals surface area contributed by atoms with Gasteiger partial charge in [0.25, 0.3) is 0 Å². The van der Waals surface area contributed by atoms with Gasteiger partial charge in [0.05, 0.1) is 0 Å². The van der Waals surface area contributed by atoms with Crippen molar-refractivity contribution in [2.24, 2.45) is 0 Å². The Kier molecular flexibility index (Phi) is 3.11. The molecular weight excluding hydrogens is 193 g/mol. The van der Waals surface area contributed by atoms with E-state index in [1.807, 2.05) is 0 Å². The molecule has 1 heterocycles. The monoisotopic (exact) mass is 207 g/mol. The molecule has 0 aromatic heterocycles. The molecule has 1 fully saturated rings. The normalized spacial score (nSPS) is 17.7. The molecule has 0 unspecified atom stereocenters. The molecule has 15 heavy (non-hydrogen) atoms. The molecule has 2 nitrogen and oxygen atoms in total. The van der Waals surface area contributed by atoms with Crippen LogP contribution in [0.5, 0.6) is 0 Å². The van der Waals surface area contributed by atoms with E-state index in [1.54, 1.807) is 6.07 Å². The van der Waals surface area contributed by atoms with Crippen molar-refractivity contribution in [3.63, 3.8) is 0 Å². The van der Waals surface area contributed by atoms with Crippen LogP contribution < -0.4 is 5.32 Å². The van der Waals surface area contributed by atoms with Gasteiger partial charge in [0, 0.05) is 5.56 Å². The minimum absolute atomic E-state index is 0.338. The second-order valence-corrected chi connectivity index (χ2v) is 3.92. The van der Waals surface area contributed by atoms with Crippen LogP contribution in [0.15, 0.2) is 18.2 Å². The molecule has 1 aliphatic rings. The molecule has 3 heteroatoms. The predicted molar refractivity (Wildman–Crippen MR) is 56.6 cm³/mol. The van der Waals surface area contributed by atoms with E-state index < -0.39 is 0 Å². The van der Waals surface area contributed by atoms with Gasteiger partial charge < -0.3 is 5.32 Å². The standard InChI is InChI=1S/C12H14FNO/c13-11-1-2-12(10(7-11)8-15)9-3-5-14-6-4-9/h1-2,7-9,14H,3-6H2. The van der Waals surface area contributed by atoms with E-state index in [1.165, 1.54) is 12.1 Å². The minimum Gasteiger partial charge on any atom is -0.317 e. The number of aldehydes is 1. The Morgan fingerprint density at radius 3 is 2.73 bits per heavy atom. The van der Waals surface area contributed by atoms with Crippen molar-refractivity contribution in [1.82, 2.24) is 5.32 Å². The summed E-state index contributed by atoms with van der Waals surface area (Å²) in [7, 11) is 0. The van der Waals surface area contributed by atoms with Gasteiger partial charge in [-0.3, -0.25) is 4.79 Å². The quantitative estimate of drug-likeness (QED) is 0.752. The van der Waals surface area contributed by atoms with E-state index >= 15 is 0 Å². The highest BCUT2D eigenvalue weighted by Gasteiger charge is 2.18. The summed E-state index contributed by atoms with van der Waals surface area (Å²) in [5, 5.41) is 3.27. The Morgan fingerprint density at radius 1 is 1.33 bits per heavy atom. The maximum absolute atomic E-state index is 12.9. The smallest absolute Gasteiger partial charge is 0.150 e. The van der Waals surface area contributed by atoms with Gasteiger partial charge in [-0.25, -0.2) is 4.39 Å². The van der Waals surface area contributed by atoms with Gasteiger partial charge in [0.2, 0.25) is 0 Å². The summed E-state index contributed by atoms with van der Waals surface area (Å²) >= 11 is 0. The topological polar surface area (TPSA) is 29.1 Å². The van der Waals surface area contributed by atoms with Crippen molar-refractivity contribution < 1.29 is 9.18 Å². The molecule has 1 N–H and O–H groups in total. The van der Waals surface area contributed by atoms with E-state index in [4.69, 9.17) is 0 Å². The Bertz CT molecular complexity index is 359. The number of hydrogen-bond donors (Lipinski definition) is 1. The first-order valence-corrected chi connectivity index (χ1v) is 5.26. The van der Waals surface area contributed by atoms with E-state index in [2.05, 4.69) is 5.32 Å². The number of carbonyl (C=O) groups is 1. The van der Waals surface area contributed by atoms with Gasteiger partial charge in [0.1, 0.15) is 12.1 Å². The van der Waals surface area contributed by atoms with Crippen LogP contribution >= 0.6 is 0 Å². The third kappa shape index (κ3) is 2.23. The van der Waals surface area contributed by atoms with E-state index in [0.717, 1.165) is 37.8 Å². The largest absolute Gasteiger partial charge is 0.317 e. The lowest BCUT2D eigenvalue weighted by atomic mass is 9.87. The average molecular weight is 207 g/mol. The van der Waals surface area contributed by atoms with Crippen molar-refractivity contribution in [3.05, 3.63) is 35.1 Å². The summed E-state index contributed by atoms with van der Waals surface area (Å²) < 4.78 is 12.9. The number of hydrogen-bond acceptors (Lipinski definition) is 2. The van der Waals surface area contributed by atoms with Crippen molar-refractivity contribution >= 4 is 6.29 Å². The number of carbonyl (C=O) groups excluding carboxylic acids is 1. The first kappa shape index (κ1) is 10.3. The van der Waals surface area contributed by atoms with Crippen LogP contribution in [0.25, 0.3) is 0 Å². The number of benzene rings is 1. The fourth-order valence-electron chi connectivity index (χ4n) is 2.15. The molecule has 1 aliphatic heterocycles. The number of nitrogens with one attached hydrogen (secondary N) is 1. The van der Waals surface area contributed by atoms with Gasteiger partial charge >= 0.3 is 0 Å². The van der Waals surface area contributed by atoms with Crippen LogP contribution in [0.4, 0.5) is 4.39 Å². The van der Waals surface area contributed by atoms with Crippen LogP contribution in [0, 0.1) is 5.82 Å². The highest BCUT2D eigenvalue weighted by Crippen LogP contribution is 2.27. The highest BCUT2D eigenvalue weighted by atomic mass is 19.1. The third-order valence-corrected chi connectivity index (χ3v) is 2.95. The van der Waals surface area contributed by atoms with E-state index in [-0.39, 0.29) is 5.82 Å². The van der Waals surface area contributed by atoms with Crippen LogP contribution in [0.1, 0.15) is 34.7 Å². The molecule has 0 atom stereocenters. The Hall–Kier alpha value is -1.22. The molecule has 1 aromatic rings. The highest BCUT2D eigenvalue weighted by molar-refractivity contribution is 5.77. The van der Waals surface area contributed by atoms with Crippen molar-refractivity contribution in [1.29, 1.82) is 0 Å². The zero-order valence-electron chi connectivity index (χ0n) is 8.50. The average Bonchev–Trinajstić information content (AvgIpc) is 2.30. The fraction of sp³-hybridized carbons (Fsp3) is 0.417. The first-order valence-electron chi connectivity index (χ1n) is 5.26. The second kappa shape index (κ2) is 4.53. The number of rotatable bonds is 2. The molecule has 80 valence electrons. The van der Waals surface area contributed by atoms with E-state index in [9.17, 15) is 9.18 Å². The lowest BCUT2D eigenvalue weighted by Crippen LogP contribution is -2.27. The van der Waals surface area contributed by atoms with E-state index in [0.29, 0.717) is 11.5 Å². The molecule has 0 radical (unpaired) electrons. The summed E-state index contributed by atoms with van der Waals surface area (Å²) in [6.07, 6.45) is 2.79. The lowest BCUT2D eigenvalue weighted by Gasteiger charge is -2.24. The van der Waals surface area contributed by atoms with Gasteiger partial charge in [0.15, 0.2) is 0 Å². The Balaban J connectivity index is 2.29. The first-order chi connectivity index (χ1) is 7.31. The number of halogens is 1. The van der Waals surface area contributed by atoms with Crippen molar-refractivity contribution in [2.75, 3.05) is 13.1 Å². The zero-order valence-corrected chi connectivity index (χ0v) is 8.50. The van der Waals surface area contributed by atoms with Crippen LogP contribution in [0.2, 0.25) is 0 Å². The maximum Gasteiger partial charge on any atom is 0.150 e. The molecule has 0 amide bonds. The SMILES string of the molecule is O=Cc1cc(F)ccc1C1CCNCC1. The maximum atomic E-state index is 12.9. The van der Waals surface area contributed by atoms with Crippen LogP contribution in [0.3, 0.4) is 0 Å². The van der Waals surface area contributed by atoms with Gasteiger partial charge in [-0.05, 0) is 49.5 Å². The summed E-state index contributed by atoms with van der Waals surface area (Å²) in [5.41, 5.74) is 1.50. The molecular formula is C12H14FNO. The number of piperidine rings is 1. The Morgan fingerprint density at radius 2 is 2.07 bits per heavy atom. The molecule has 0 spiro atoms.